The van der Waals surface area contributed by atoms with Crippen LogP contribution in [0.3, 0.4) is 0 Å². The Hall–Kier alpha value is -2.44. The van der Waals surface area contributed by atoms with E-state index in [2.05, 4.69) is 10.3 Å². The fourth-order valence-electron chi connectivity index (χ4n) is 1.75. The molecule has 0 fully saturated rings. The molecular formula is C12H9F3N4O2. The van der Waals surface area contributed by atoms with Crippen molar-refractivity contribution >= 4 is 0 Å². The van der Waals surface area contributed by atoms with Gasteiger partial charge in [-0.1, -0.05) is 5.21 Å². The number of benzene rings is 1. The molecule has 0 spiro atoms. The molecule has 0 radical (unpaired) electrons. The minimum absolute atomic E-state index is 0.207. The highest BCUT2D eigenvalue weighted by Crippen LogP contribution is 2.27. The summed E-state index contributed by atoms with van der Waals surface area (Å²) in [4.78, 5) is 0. The van der Waals surface area contributed by atoms with Gasteiger partial charge >= 0.3 is 0 Å². The molecule has 1 aromatic heterocycles. The maximum atomic E-state index is 13.8. The smallest absolute Gasteiger partial charge is 0.195 e. The summed E-state index contributed by atoms with van der Waals surface area (Å²) in [6.45, 7) is -0.888. The van der Waals surface area contributed by atoms with Crippen molar-refractivity contribution in [2.24, 2.45) is 0 Å². The van der Waals surface area contributed by atoms with Crippen LogP contribution in [0.4, 0.5) is 13.2 Å². The summed E-state index contributed by atoms with van der Waals surface area (Å²) in [7, 11) is 0. The van der Waals surface area contributed by atoms with Crippen molar-refractivity contribution in [1.82, 2.24) is 15.0 Å². The van der Waals surface area contributed by atoms with Gasteiger partial charge in [0.2, 0.25) is 0 Å². The Morgan fingerprint density at radius 2 is 2.00 bits per heavy atom. The molecule has 0 saturated heterocycles. The number of aliphatic hydroxyl groups excluding tert-OH is 2. The summed E-state index contributed by atoms with van der Waals surface area (Å²) in [5.41, 5.74) is -0.938. The zero-order valence-electron chi connectivity index (χ0n) is 10.5. The number of aromatic nitrogens is 3. The van der Waals surface area contributed by atoms with Crippen molar-refractivity contribution in [3.63, 3.8) is 0 Å². The van der Waals surface area contributed by atoms with Gasteiger partial charge in [-0.2, -0.15) is 5.26 Å². The van der Waals surface area contributed by atoms with E-state index < -0.39 is 35.7 Å². The zero-order valence-corrected chi connectivity index (χ0v) is 10.5. The average molecular weight is 298 g/mol. The van der Waals surface area contributed by atoms with Gasteiger partial charge in [-0.15, -0.1) is 5.10 Å². The maximum absolute atomic E-state index is 13.8. The second kappa shape index (κ2) is 5.90. The Balaban J connectivity index is 2.60. The summed E-state index contributed by atoms with van der Waals surface area (Å²) in [5.74, 6) is -4.55. The first-order chi connectivity index (χ1) is 9.99. The molecule has 6 nitrogen and oxygen atoms in total. The second-order valence-corrected chi connectivity index (χ2v) is 4.14. The highest BCUT2D eigenvalue weighted by Gasteiger charge is 2.23. The minimum atomic E-state index is -1.69. The minimum Gasteiger partial charge on any atom is -0.394 e. The molecule has 2 rings (SSSR count). The summed E-state index contributed by atoms with van der Waals surface area (Å²) < 4.78 is 41.0. The largest absolute Gasteiger partial charge is 0.394 e. The van der Waals surface area contributed by atoms with E-state index in [0.29, 0.717) is 6.07 Å². The van der Waals surface area contributed by atoms with E-state index in [1.807, 2.05) is 0 Å². The van der Waals surface area contributed by atoms with E-state index in [4.69, 9.17) is 10.4 Å². The van der Waals surface area contributed by atoms with E-state index in [-0.39, 0.29) is 17.9 Å². The Morgan fingerprint density at radius 3 is 2.62 bits per heavy atom. The van der Waals surface area contributed by atoms with Crippen molar-refractivity contribution in [2.45, 2.75) is 12.6 Å². The van der Waals surface area contributed by atoms with Crippen molar-refractivity contribution in [2.75, 3.05) is 6.61 Å². The van der Waals surface area contributed by atoms with Gasteiger partial charge in [0.15, 0.2) is 23.1 Å². The predicted octanol–water partition coefficient (Wildman–Crippen LogP) is 0.587. The number of rotatable bonds is 4. The van der Waals surface area contributed by atoms with Gasteiger partial charge in [-0.25, -0.2) is 17.9 Å². The van der Waals surface area contributed by atoms with Crippen molar-refractivity contribution in [3.05, 3.63) is 35.3 Å². The number of halogens is 3. The molecule has 21 heavy (non-hydrogen) atoms. The van der Waals surface area contributed by atoms with E-state index in [1.54, 1.807) is 6.07 Å². The van der Waals surface area contributed by atoms with E-state index in [1.165, 1.54) is 0 Å². The van der Waals surface area contributed by atoms with Crippen molar-refractivity contribution in [1.29, 1.82) is 5.26 Å². The number of nitrogens with zero attached hydrogens (tertiary/aromatic N) is 4. The zero-order chi connectivity index (χ0) is 15.6. The van der Waals surface area contributed by atoms with E-state index in [0.717, 1.165) is 10.7 Å². The van der Waals surface area contributed by atoms with Crippen LogP contribution >= 0.6 is 0 Å². The molecule has 0 aliphatic heterocycles. The lowest BCUT2D eigenvalue weighted by atomic mass is 10.1. The topological polar surface area (TPSA) is 95.0 Å². The number of aliphatic hydroxyl groups is 2. The van der Waals surface area contributed by atoms with Crippen LogP contribution in [0.25, 0.3) is 11.3 Å². The van der Waals surface area contributed by atoms with Crippen LogP contribution in [0.5, 0.6) is 0 Å². The third-order valence-electron chi connectivity index (χ3n) is 2.73. The van der Waals surface area contributed by atoms with Gasteiger partial charge in [0.25, 0.3) is 0 Å². The lowest BCUT2D eigenvalue weighted by Gasteiger charge is -2.11. The molecule has 0 bridgehead atoms. The summed E-state index contributed by atoms with van der Waals surface area (Å²) in [6, 6.07) is 3.29. The van der Waals surface area contributed by atoms with E-state index >= 15 is 0 Å². The number of nitriles is 1. The highest BCUT2D eigenvalue weighted by molar-refractivity contribution is 5.65. The first kappa shape index (κ1) is 15.0. The number of hydrogen-bond acceptors (Lipinski definition) is 5. The van der Waals surface area contributed by atoms with Gasteiger partial charge < -0.3 is 10.2 Å². The second-order valence-electron chi connectivity index (χ2n) is 4.14. The monoisotopic (exact) mass is 298 g/mol. The lowest BCUT2D eigenvalue weighted by Crippen LogP contribution is -2.21. The first-order valence-electron chi connectivity index (χ1n) is 5.76. The van der Waals surface area contributed by atoms with Gasteiger partial charge in [0.05, 0.1) is 19.3 Å². The van der Waals surface area contributed by atoms with Crippen LogP contribution in [0.1, 0.15) is 5.69 Å². The Morgan fingerprint density at radius 1 is 1.29 bits per heavy atom. The molecule has 2 aromatic rings. The highest BCUT2D eigenvalue weighted by atomic mass is 19.2. The molecule has 110 valence electrons. The average Bonchev–Trinajstić information content (AvgIpc) is 2.87. The molecule has 1 unspecified atom stereocenters. The SMILES string of the molecule is N#Cc1nnn(CC(O)CO)c1-c1ccc(F)c(F)c1F. The lowest BCUT2D eigenvalue weighted by molar-refractivity contribution is 0.0782. The molecular weight excluding hydrogens is 289 g/mol. The molecule has 2 N–H and O–H groups in total. The Bertz CT molecular complexity index is 711. The third kappa shape index (κ3) is 2.72. The fourth-order valence-corrected chi connectivity index (χ4v) is 1.75. The van der Waals surface area contributed by atoms with Gasteiger partial charge in [-0.05, 0) is 12.1 Å². The molecule has 1 heterocycles. The van der Waals surface area contributed by atoms with Gasteiger partial charge in [-0.3, -0.25) is 0 Å². The molecule has 0 aliphatic carbocycles. The summed E-state index contributed by atoms with van der Waals surface area (Å²) >= 11 is 0. The molecule has 9 heteroatoms. The maximum Gasteiger partial charge on any atom is 0.195 e. The predicted molar refractivity (Wildman–Crippen MR) is 63.1 cm³/mol. The molecule has 1 aromatic carbocycles. The van der Waals surface area contributed by atoms with Crippen LogP contribution in [0, 0.1) is 28.8 Å². The normalized spacial score (nSPS) is 12.2. The molecule has 0 amide bonds. The van der Waals surface area contributed by atoms with Crippen molar-refractivity contribution < 1.29 is 23.4 Å². The van der Waals surface area contributed by atoms with Gasteiger partial charge in [0.1, 0.15) is 11.8 Å². The molecule has 0 saturated carbocycles. The quantitative estimate of drug-likeness (QED) is 0.805. The van der Waals surface area contributed by atoms with Crippen molar-refractivity contribution in [3.8, 4) is 17.3 Å². The van der Waals surface area contributed by atoms with Crippen LogP contribution in [-0.2, 0) is 6.54 Å². The Kier molecular flexibility index (Phi) is 4.21. The standard InChI is InChI=1S/C12H9F3N4O2/c13-8-2-1-7(10(14)11(8)15)12-9(3-16)17-18-19(12)4-6(21)5-20/h1-2,6,20-21H,4-5H2. The van der Waals surface area contributed by atoms with Crippen LogP contribution < -0.4 is 0 Å². The summed E-state index contributed by atoms with van der Waals surface area (Å²) in [5, 5.41) is 34.1. The first-order valence-corrected chi connectivity index (χ1v) is 5.76. The van der Waals surface area contributed by atoms with Gasteiger partial charge in [0, 0.05) is 5.56 Å². The van der Waals surface area contributed by atoms with Crippen LogP contribution in [-0.4, -0.2) is 37.9 Å². The van der Waals surface area contributed by atoms with Crippen LogP contribution in [0.15, 0.2) is 12.1 Å². The molecule has 0 aliphatic rings. The Labute approximate surface area is 116 Å². The molecule has 1 atom stereocenters. The fraction of sp³-hybridized carbons (Fsp3) is 0.250. The third-order valence-corrected chi connectivity index (χ3v) is 2.73. The summed E-state index contributed by atoms with van der Waals surface area (Å²) in [6.07, 6.45) is -1.23. The van der Waals surface area contributed by atoms with Crippen LogP contribution in [0.2, 0.25) is 0 Å². The van der Waals surface area contributed by atoms with E-state index in [9.17, 15) is 18.3 Å². The number of hydrogen-bond donors (Lipinski definition) is 2.